The van der Waals surface area contributed by atoms with E-state index in [9.17, 15) is 4.79 Å². The van der Waals surface area contributed by atoms with Gasteiger partial charge in [0, 0.05) is 13.1 Å². The van der Waals surface area contributed by atoms with E-state index in [1.165, 1.54) is 6.20 Å². The van der Waals surface area contributed by atoms with Gasteiger partial charge in [0.05, 0.1) is 12.4 Å². The van der Waals surface area contributed by atoms with Crippen molar-refractivity contribution in [3.05, 3.63) is 18.1 Å². The van der Waals surface area contributed by atoms with Gasteiger partial charge in [-0.3, -0.25) is 4.98 Å². The summed E-state index contributed by atoms with van der Waals surface area (Å²) >= 11 is 0. The summed E-state index contributed by atoms with van der Waals surface area (Å²) in [6.07, 6.45) is 4.87. The summed E-state index contributed by atoms with van der Waals surface area (Å²) in [4.78, 5) is 20.8. The molecule has 0 atom stereocenters. The van der Waals surface area contributed by atoms with E-state index in [1.807, 2.05) is 0 Å². The maximum absolute atomic E-state index is 10.8. The molecular weight excluding hydrogens is 206 g/mol. The molecule has 0 bridgehead atoms. The van der Waals surface area contributed by atoms with Gasteiger partial charge in [-0.25, -0.2) is 9.78 Å². The maximum Gasteiger partial charge on any atom is 0.356 e. The van der Waals surface area contributed by atoms with Crippen LogP contribution in [0.5, 0.6) is 0 Å². The Morgan fingerprint density at radius 1 is 1.31 bits per heavy atom. The molecule has 0 aromatic carbocycles. The van der Waals surface area contributed by atoms with Crippen LogP contribution in [0.1, 0.15) is 37.2 Å². The molecule has 1 N–H and O–H groups in total. The van der Waals surface area contributed by atoms with Gasteiger partial charge in [-0.2, -0.15) is 0 Å². The normalized spacial score (nSPS) is 10.1. The van der Waals surface area contributed by atoms with Gasteiger partial charge in [-0.15, -0.1) is 0 Å². The number of nitrogens with zero attached hydrogens (tertiary/aromatic N) is 3. The van der Waals surface area contributed by atoms with E-state index in [1.54, 1.807) is 6.20 Å². The number of carboxylic acid groups (broad SMARTS) is 1. The van der Waals surface area contributed by atoms with Crippen molar-refractivity contribution in [3.8, 4) is 0 Å². The van der Waals surface area contributed by atoms with Crippen LogP contribution in [-0.4, -0.2) is 34.1 Å². The molecule has 0 fully saturated rings. The zero-order valence-electron chi connectivity index (χ0n) is 9.68. The van der Waals surface area contributed by atoms with Crippen LogP contribution in [0.3, 0.4) is 0 Å². The summed E-state index contributed by atoms with van der Waals surface area (Å²) in [5, 5.41) is 8.83. The zero-order valence-corrected chi connectivity index (χ0v) is 9.68. The van der Waals surface area contributed by atoms with E-state index < -0.39 is 5.97 Å². The highest BCUT2D eigenvalue weighted by molar-refractivity contribution is 5.85. The van der Waals surface area contributed by atoms with Crippen molar-refractivity contribution in [3.63, 3.8) is 0 Å². The number of hydrogen-bond donors (Lipinski definition) is 1. The summed E-state index contributed by atoms with van der Waals surface area (Å²) in [5.74, 6) is -0.397. The summed E-state index contributed by atoms with van der Waals surface area (Å²) in [5.41, 5.74) is -0.00490. The average molecular weight is 223 g/mol. The third kappa shape index (κ3) is 3.18. The number of hydrogen-bond acceptors (Lipinski definition) is 4. The zero-order chi connectivity index (χ0) is 12.0. The molecule has 0 aliphatic heterocycles. The van der Waals surface area contributed by atoms with Crippen molar-refractivity contribution in [2.45, 2.75) is 26.7 Å². The number of carbonyl (C=O) groups is 1. The second kappa shape index (κ2) is 6.05. The van der Waals surface area contributed by atoms with Crippen molar-refractivity contribution in [1.82, 2.24) is 9.97 Å². The highest BCUT2D eigenvalue weighted by Crippen LogP contribution is 2.10. The Kier molecular flexibility index (Phi) is 4.69. The second-order valence-electron chi connectivity index (χ2n) is 3.55. The monoisotopic (exact) mass is 223 g/mol. The number of carboxylic acids is 1. The smallest absolute Gasteiger partial charge is 0.356 e. The lowest BCUT2D eigenvalue weighted by molar-refractivity contribution is 0.0690. The minimum Gasteiger partial charge on any atom is -0.476 e. The van der Waals surface area contributed by atoms with E-state index in [4.69, 9.17) is 5.11 Å². The van der Waals surface area contributed by atoms with E-state index in [0.717, 1.165) is 25.9 Å². The Balaban J connectivity index is 2.90. The molecule has 1 aromatic rings. The molecule has 0 unspecified atom stereocenters. The minimum absolute atomic E-state index is 0.00490. The Bertz CT molecular complexity index is 349. The van der Waals surface area contributed by atoms with Gasteiger partial charge in [0.2, 0.25) is 0 Å². The first kappa shape index (κ1) is 12.4. The quantitative estimate of drug-likeness (QED) is 0.796. The Morgan fingerprint density at radius 2 is 1.94 bits per heavy atom. The van der Waals surface area contributed by atoms with Crippen LogP contribution >= 0.6 is 0 Å². The third-order valence-corrected chi connectivity index (χ3v) is 2.15. The van der Waals surface area contributed by atoms with Crippen molar-refractivity contribution in [1.29, 1.82) is 0 Å². The average Bonchev–Trinajstić information content (AvgIpc) is 2.29. The Hall–Kier alpha value is -1.65. The molecule has 5 heteroatoms. The van der Waals surface area contributed by atoms with Gasteiger partial charge in [0.25, 0.3) is 0 Å². The van der Waals surface area contributed by atoms with Gasteiger partial charge >= 0.3 is 5.97 Å². The number of anilines is 1. The molecule has 5 nitrogen and oxygen atoms in total. The lowest BCUT2D eigenvalue weighted by Crippen LogP contribution is -2.26. The highest BCUT2D eigenvalue weighted by atomic mass is 16.4. The van der Waals surface area contributed by atoms with Crippen molar-refractivity contribution in [2.24, 2.45) is 0 Å². The molecule has 1 heterocycles. The van der Waals surface area contributed by atoms with E-state index >= 15 is 0 Å². The predicted octanol–water partition coefficient (Wildman–Crippen LogP) is 1.80. The molecule has 0 radical (unpaired) electrons. The molecule has 0 amide bonds. The van der Waals surface area contributed by atoms with Crippen LogP contribution in [0.15, 0.2) is 12.4 Å². The molecule has 16 heavy (non-hydrogen) atoms. The first-order valence-corrected chi connectivity index (χ1v) is 5.49. The molecule has 88 valence electrons. The van der Waals surface area contributed by atoms with Gasteiger partial charge in [0.1, 0.15) is 5.82 Å². The van der Waals surface area contributed by atoms with Gasteiger partial charge < -0.3 is 10.0 Å². The lowest BCUT2D eigenvalue weighted by Gasteiger charge is -2.22. The summed E-state index contributed by atoms with van der Waals surface area (Å²) in [7, 11) is 0. The SMILES string of the molecule is CCCN(CCC)c1cncc(C(=O)O)n1. The fourth-order valence-electron chi connectivity index (χ4n) is 1.49. The molecule has 0 saturated heterocycles. The van der Waals surface area contributed by atoms with Crippen LogP contribution in [0.4, 0.5) is 5.82 Å². The molecule has 0 spiro atoms. The number of aromatic nitrogens is 2. The van der Waals surface area contributed by atoms with Crippen molar-refractivity contribution >= 4 is 11.8 Å². The maximum atomic E-state index is 10.8. The van der Waals surface area contributed by atoms with Gasteiger partial charge in [0.15, 0.2) is 5.69 Å². The third-order valence-electron chi connectivity index (χ3n) is 2.15. The second-order valence-corrected chi connectivity index (χ2v) is 3.55. The summed E-state index contributed by atoms with van der Waals surface area (Å²) in [6.45, 7) is 5.89. The number of aromatic carboxylic acids is 1. The van der Waals surface area contributed by atoms with E-state index in [0.29, 0.717) is 5.82 Å². The Labute approximate surface area is 95.1 Å². The molecule has 1 aromatic heterocycles. The highest BCUT2D eigenvalue weighted by Gasteiger charge is 2.10. The van der Waals surface area contributed by atoms with Crippen LogP contribution in [0.25, 0.3) is 0 Å². The first-order valence-electron chi connectivity index (χ1n) is 5.49. The van der Waals surface area contributed by atoms with Crippen molar-refractivity contribution < 1.29 is 9.90 Å². The first-order chi connectivity index (χ1) is 7.69. The number of rotatable bonds is 6. The van der Waals surface area contributed by atoms with E-state index in [2.05, 4.69) is 28.7 Å². The molecule has 0 aliphatic rings. The van der Waals surface area contributed by atoms with Crippen LogP contribution in [0, 0.1) is 0 Å². The molecule has 0 saturated carbocycles. The fraction of sp³-hybridized carbons (Fsp3) is 0.545. The van der Waals surface area contributed by atoms with Gasteiger partial charge in [-0.05, 0) is 12.8 Å². The molecular formula is C11H17N3O2. The molecule has 1 rings (SSSR count). The van der Waals surface area contributed by atoms with Gasteiger partial charge in [-0.1, -0.05) is 13.8 Å². The predicted molar refractivity (Wildman–Crippen MR) is 61.8 cm³/mol. The van der Waals surface area contributed by atoms with Crippen LogP contribution in [-0.2, 0) is 0 Å². The van der Waals surface area contributed by atoms with Crippen LogP contribution < -0.4 is 4.90 Å². The lowest BCUT2D eigenvalue weighted by atomic mass is 10.3. The van der Waals surface area contributed by atoms with Crippen LogP contribution in [0.2, 0.25) is 0 Å². The van der Waals surface area contributed by atoms with E-state index in [-0.39, 0.29) is 5.69 Å². The topological polar surface area (TPSA) is 66.3 Å². The fourth-order valence-corrected chi connectivity index (χ4v) is 1.49. The van der Waals surface area contributed by atoms with Crippen molar-refractivity contribution in [2.75, 3.05) is 18.0 Å². The summed E-state index contributed by atoms with van der Waals surface area (Å²) in [6, 6.07) is 0. The standard InChI is InChI=1S/C11H17N3O2/c1-3-5-14(6-4-2)10-8-12-7-9(13-10)11(15)16/h7-8H,3-6H2,1-2H3,(H,15,16). The largest absolute Gasteiger partial charge is 0.476 e. The minimum atomic E-state index is -1.04. The molecule has 0 aliphatic carbocycles. The summed E-state index contributed by atoms with van der Waals surface area (Å²) < 4.78 is 0. The Morgan fingerprint density at radius 3 is 2.44 bits per heavy atom.